The summed E-state index contributed by atoms with van der Waals surface area (Å²) in [6.45, 7) is 3.76. The first kappa shape index (κ1) is 8.52. The van der Waals surface area contributed by atoms with Crippen LogP contribution in [0.25, 0.3) is 0 Å². The number of hydrogen-bond acceptors (Lipinski definition) is 3. The smallest absolute Gasteiger partial charge is 0.313 e. The van der Waals surface area contributed by atoms with Gasteiger partial charge in [0.25, 0.3) is 5.88 Å². The lowest BCUT2D eigenvalue weighted by Gasteiger charge is -2.01. The van der Waals surface area contributed by atoms with E-state index < -0.39 is 0 Å². The molecular weight excluding hydrogens is 156 g/mol. The van der Waals surface area contributed by atoms with E-state index in [0.717, 1.165) is 0 Å². The molecule has 0 saturated carbocycles. The van der Waals surface area contributed by atoms with E-state index in [0.29, 0.717) is 6.61 Å². The Bertz CT molecular complexity index is 330. The summed E-state index contributed by atoms with van der Waals surface area (Å²) >= 11 is 0. The van der Waals surface area contributed by atoms with Crippen molar-refractivity contribution in [1.82, 2.24) is 9.55 Å². The van der Waals surface area contributed by atoms with Gasteiger partial charge in [-0.2, -0.15) is 0 Å². The molecule has 0 N–H and O–H groups in total. The number of rotatable bonds is 3. The van der Waals surface area contributed by atoms with Crippen molar-refractivity contribution in [2.45, 2.75) is 0 Å². The number of ether oxygens (including phenoxy) is 1. The predicted molar refractivity (Wildman–Crippen MR) is 45.2 cm³/mol. The Morgan fingerprint density at radius 2 is 2.58 bits per heavy atom. The lowest BCUT2D eigenvalue weighted by Crippen LogP contribution is -2.19. The molecule has 0 bridgehead atoms. The number of aromatic nitrogens is 2. The Hall–Kier alpha value is -1.58. The van der Waals surface area contributed by atoms with Gasteiger partial charge in [0.15, 0.2) is 0 Å². The number of hydrogen-bond donors (Lipinski definition) is 0. The molecule has 0 radical (unpaired) electrons. The first-order valence-corrected chi connectivity index (χ1v) is 3.51. The normalized spacial score (nSPS) is 9.42. The Morgan fingerprint density at radius 3 is 3.25 bits per heavy atom. The summed E-state index contributed by atoms with van der Waals surface area (Å²) in [5.41, 5.74) is -0.237. The summed E-state index contributed by atoms with van der Waals surface area (Å²) in [5.74, 6) is 0.111. The van der Waals surface area contributed by atoms with E-state index >= 15 is 0 Å². The van der Waals surface area contributed by atoms with Crippen LogP contribution in [0.3, 0.4) is 0 Å². The zero-order valence-electron chi connectivity index (χ0n) is 6.86. The zero-order valence-corrected chi connectivity index (χ0v) is 6.86. The summed E-state index contributed by atoms with van der Waals surface area (Å²) in [6, 6.07) is 0. The topological polar surface area (TPSA) is 44.1 Å². The second-order valence-electron chi connectivity index (χ2n) is 2.25. The van der Waals surface area contributed by atoms with E-state index in [9.17, 15) is 4.79 Å². The third-order valence-electron chi connectivity index (χ3n) is 1.32. The third-order valence-corrected chi connectivity index (χ3v) is 1.32. The lowest BCUT2D eigenvalue weighted by molar-refractivity contribution is 0.340. The molecule has 4 nitrogen and oxygen atoms in total. The highest BCUT2D eigenvalue weighted by Crippen LogP contribution is 1.94. The molecule has 4 heteroatoms. The van der Waals surface area contributed by atoms with Crippen LogP contribution in [0.5, 0.6) is 5.88 Å². The minimum atomic E-state index is -0.237. The van der Waals surface area contributed by atoms with E-state index in [4.69, 9.17) is 4.74 Å². The van der Waals surface area contributed by atoms with Crippen molar-refractivity contribution in [3.63, 3.8) is 0 Å². The Kier molecular flexibility index (Phi) is 2.63. The quantitative estimate of drug-likeness (QED) is 0.608. The maximum absolute atomic E-state index is 11.2. The van der Waals surface area contributed by atoms with E-state index in [-0.39, 0.29) is 11.4 Å². The molecule has 1 rings (SSSR count). The van der Waals surface area contributed by atoms with Gasteiger partial charge in [-0.15, -0.1) is 0 Å². The van der Waals surface area contributed by atoms with Crippen LogP contribution in [0.4, 0.5) is 0 Å². The average molecular weight is 166 g/mol. The lowest BCUT2D eigenvalue weighted by atomic mass is 10.6. The second-order valence-corrected chi connectivity index (χ2v) is 2.25. The van der Waals surface area contributed by atoms with Crippen LogP contribution in [-0.4, -0.2) is 16.2 Å². The summed E-state index contributed by atoms with van der Waals surface area (Å²) in [6.07, 6.45) is 4.65. The van der Waals surface area contributed by atoms with E-state index in [2.05, 4.69) is 11.6 Å². The molecule has 0 aliphatic rings. The largest absolute Gasteiger partial charge is 0.470 e. The Morgan fingerprint density at radius 1 is 1.83 bits per heavy atom. The van der Waals surface area contributed by atoms with Crippen molar-refractivity contribution < 1.29 is 4.74 Å². The number of nitrogens with zero attached hydrogens (tertiary/aromatic N) is 2. The fourth-order valence-corrected chi connectivity index (χ4v) is 0.712. The van der Waals surface area contributed by atoms with Gasteiger partial charge in [-0.25, -0.2) is 4.98 Å². The SMILES string of the molecule is C=CCOc1nccn(C)c1=O. The van der Waals surface area contributed by atoms with Crippen LogP contribution in [0, 0.1) is 0 Å². The van der Waals surface area contributed by atoms with E-state index in [1.54, 1.807) is 19.3 Å². The first-order chi connectivity index (χ1) is 5.75. The van der Waals surface area contributed by atoms with Gasteiger partial charge in [0, 0.05) is 19.4 Å². The van der Waals surface area contributed by atoms with E-state index in [1.807, 2.05) is 0 Å². The summed E-state index contributed by atoms with van der Waals surface area (Å²) in [7, 11) is 1.64. The van der Waals surface area contributed by atoms with Gasteiger partial charge in [0.1, 0.15) is 6.61 Å². The highest BCUT2D eigenvalue weighted by atomic mass is 16.5. The van der Waals surface area contributed by atoms with Crippen molar-refractivity contribution in [2.75, 3.05) is 6.61 Å². The van der Waals surface area contributed by atoms with Gasteiger partial charge >= 0.3 is 5.56 Å². The molecule has 0 unspecified atom stereocenters. The summed E-state index contributed by atoms with van der Waals surface area (Å²) in [4.78, 5) is 15.0. The molecule has 0 aromatic carbocycles. The first-order valence-electron chi connectivity index (χ1n) is 3.51. The van der Waals surface area contributed by atoms with Crippen LogP contribution in [0.1, 0.15) is 0 Å². The molecule has 64 valence electrons. The Labute approximate surface area is 70.1 Å². The molecule has 12 heavy (non-hydrogen) atoms. The monoisotopic (exact) mass is 166 g/mol. The Balaban J connectivity index is 2.92. The molecule has 1 heterocycles. The van der Waals surface area contributed by atoms with Crippen LogP contribution in [-0.2, 0) is 7.05 Å². The zero-order chi connectivity index (χ0) is 8.97. The number of aryl methyl sites for hydroxylation is 1. The van der Waals surface area contributed by atoms with Gasteiger partial charge in [-0.05, 0) is 0 Å². The molecule has 1 aromatic heterocycles. The molecule has 0 amide bonds. The van der Waals surface area contributed by atoms with Crippen molar-refractivity contribution >= 4 is 0 Å². The average Bonchev–Trinajstić information content (AvgIpc) is 2.08. The van der Waals surface area contributed by atoms with Gasteiger partial charge in [0.05, 0.1) is 0 Å². The minimum Gasteiger partial charge on any atom is -0.470 e. The van der Waals surface area contributed by atoms with Gasteiger partial charge < -0.3 is 9.30 Å². The molecule has 0 saturated heterocycles. The van der Waals surface area contributed by atoms with Crippen molar-refractivity contribution in [3.05, 3.63) is 35.4 Å². The molecule has 0 aliphatic carbocycles. The second kappa shape index (κ2) is 3.71. The van der Waals surface area contributed by atoms with Crippen molar-refractivity contribution in [1.29, 1.82) is 0 Å². The standard InChI is InChI=1S/C8H10N2O2/c1-3-6-12-7-8(11)10(2)5-4-9-7/h3-5H,1,6H2,2H3. The molecule has 1 aromatic rings. The summed E-state index contributed by atoms with van der Waals surface area (Å²) in [5, 5.41) is 0. The third kappa shape index (κ3) is 1.72. The van der Waals surface area contributed by atoms with Gasteiger partial charge in [-0.1, -0.05) is 12.7 Å². The molecule has 0 spiro atoms. The fraction of sp³-hybridized carbons (Fsp3) is 0.250. The molecular formula is C8H10N2O2. The highest BCUT2D eigenvalue weighted by molar-refractivity contribution is 5.04. The molecule has 0 fully saturated rings. The predicted octanol–water partition coefficient (Wildman–Crippen LogP) is 0.345. The van der Waals surface area contributed by atoms with Crippen LogP contribution < -0.4 is 10.3 Å². The highest BCUT2D eigenvalue weighted by Gasteiger charge is 2.00. The molecule has 0 aliphatic heterocycles. The van der Waals surface area contributed by atoms with Crippen LogP contribution in [0.15, 0.2) is 29.8 Å². The molecule has 0 atom stereocenters. The fourth-order valence-electron chi connectivity index (χ4n) is 0.712. The maximum atomic E-state index is 11.2. The van der Waals surface area contributed by atoms with Crippen molar-refractivity contribution in [3.8, 4) is 5.88 Å². The van der Waals surface area contributed by atoms with Crippen LogP contribution in [0.2, 0.25) is 0 Å². The van der Waals surface area contributed by atoms with Gasteiger partial charge in [-0.3, -0.25) is 4.79 Å². The maximum Gasteiger partial charge on any atom is 0.313 e. The van der Waals surface area contributed by atoms with Crippen molar-refractivity contribution in [2.24, 2.45) is 7.05 Å². The van der Waals surface area contributed by atoms with Crippen LogP contribution >= 0.6 is 0 Å². The van der Waals surface area contributed by atoms with Gasteiger partial charge in [0.2, 0.25) is 0 Å². The van der Waals surface area contributed by atoms with E-state index in [1.165, 1.54) is 10.8 Å². The minimum absolute atomic E-state index is 0.111. The summed E-state index contributed by atoms with van der Waals surface area (Å²) < 4.78 is 6.41.